The molecule has 6 amide bonds. The number of hydrogen-bond acceptors (Lipinski definition) is 11. The number of nitrogens with one attached hydrogen (secondary N) is 4. The largest absolute Gasteiger partial charge is 0.481 e. The summed E-state index contributed by atoms with van der Waals surface area (Å²) in [4.78, 5) is 123. The van der Waals surface area contributed by atoms with E-state index < -0.39 is 108 Å². The number of carboxylic acid groups (broad SMARTS) is 3. The van der Waals surface area contributed by atoms with E-state index in [9.17, 15) is 58.5 Å². The minimum atomic E-state index is -1.54. The van der Waals surface area contributed by atoms with Crippen molar-refractivity contribution in [2.45, 2.75) is 134 Å². The molecule has 22 nitrogen and oxygen atoms in total. The molecule has 0 bridgehead atoms. The zero-order chi connectivity index (χ0) is 43.9. The van der Waals surface area contributed by atoms with Crippen LogP contribution in [-0.2, 0) is 43.2 Å². The third-order valence-corrected chi connectivity index (χ3v) is 9.85. The van der Waals surface area contributed by atoms with Crippen LogP contribution in [0, 0.1) is 11.8 Å². The summed E-state index contributed by atoms with van der Waals surface area (Å²) >= 11 is 0. The summed E-state index contributed by atoms with van der Waals surface area (Å²) in [6.45, 7) is 7.07. The van der Waals surface area contributed by atoms with Crippen LogP contribution < -0.4 is 38.5 Å². The lowest BCUT2D eigenvalue weighted by Crippen LogP contribution is -2.60. The van der Waals surface area contributed by atoms with Crippen LogP contribution in [0.15, 0.2) is 4.99 Å². The number of guanidine groups is 1. The van der Waals surface area contributed by atoms with Gasteiger partial charge in [-0.3, -0.25) is 43.3 Å². The number of amides is 6. The molecule has 0 aromatic rings. The number of carbonyl (C=O) groups excluding carboxylic acids is 6. The Kier molecular flexibility index (Phi) is 19.3. The maximum absolute atomic E-state index is 14.0. The Morgan fingerprint density at radius 3 is 1.76 bits per heavy atom. The molecule has 0 aliphatic carbocycles. The number of carboxylic acids is 3. The van der Waals surface area contributed by atoms with Crippen LogP contribution in [-0.4, -0.2) is 146 Å². The van der Waals surface area contributed by atoms with E-state index in [2.05, 4.69) is 26.3 Å². The van der Waals surface area contributed by atoms with Gasteiger partial charge in [-0.25, -0.2) is 4.79 Å². The monoisotopic (exact) mass is 824 g/mol. The quantitative estimate of drug-likeness (QED) is 0.0287. The summed E-state index contributed by atoms with van der Waals surface area (Å²) in [6.07, 6.45) is -0.453. The van der Waals surface area contributed by atoms with Gasteiger partial charge in [-0.05, 0) is 63.2 Å². The lowest BCUT2D eigenvalue weighted by atomic mass is 10.0. The number of aliphatic imine (C=N–C) groups is 1. The van der Waals surface area contributed by atoms with E-state index in [0.29, 0.717) is 12.8 Å². The van der Waals surface area contributed by atoms with Gasteiger partial charge in [0.05, 0.1) is 12.5 Å². The first-order valence-electron chi connectivity index (χ1n) is 19.4. The van der Waals surface area contributed by atoms with Gasteiger partial charge in [0, 0.05) is 26.1 Å². The molecule has 0 spiro atoms. The Balaban J connectivity index is 2.35. The number of aliphatic carboxylic acids is 3. The van der Waals surface area contributed by atoms with E-state index in [4.69, 9.17) is 17.2 Å². The van der Waals surface area contributed by atoms with Gasteiger partial charge in [-0.1, -0.05) is 27.7 Å². The SMILES string of the molecule is CC(C)C[C@H](NC(=O)[C@H](CCCN=C(N)N)NC(=O)[C@@H]1CCCN1C(=O)[C@H](CC(=O)O)NC(=O)[C@@H](N)C(C)C)C(=O)N[C@@H](CCC(=O)O)C(=O)N1CCC[C@H]1C(=O)O. The van der Waals surface area contributed by atoms with Gasteiger partial charge < -0.3 is 63.6 Å². The average molecular weight is 825 g/mol. The van der Waals surface area contributed by atoms with E-state index in [0.717, 1.165) is 9.80 Å². The predicted octanol–water partition coefficient (Wildman–Crippen LogP) is -2.59. The molecule has 2 fully saturated rings. The fourth-order valence-electron chi connectivity index (χ4n) is 6.75. The fraction of sp³-hybridized carbons (Fsp3) is 0.722. The third kappa shape index (κ3) is 15.1. The summed E-state index contributed by atoms with van der Waals surface area (Å²) in [5.41, 5.74) is 16.8. The van der Waals surface area contributed by atoms with Crippen LogP contribution in [0.3, 0.4) is 0 Å². The third-order valence-electron chi connectivity index (χ3n) is 9.85. The number of nitrogens with two attached hydrogens (primary N) is 3. The smallest absolute Gasteiger partial charge is 0.326 e. The maximum atomic E-state index is 14.0. The van der Waals surface area contributed by atoms with Gasteiger partial charge in [-0.15, -0.1) is 0 Å². The molecule has 0 aromatic heterocycles. The van der Waals surface area contributed by atoms with Gasteiger partial charge in [0.25, 0.3) is 0 Å². The van der Waals surface area contributed by atoms with E-state index in [1.807, 2.05) is 0 Å². The normalized spacial score (nSPS) is 19.0. The van der Waals surface area contributed by atoms with Crippen LogP contribution in [0.4, 0.5) is 0 Å². The second-order valence-corrected chi connectivity index (χ2v) is 15.3. The van der Waals surface area contributed by atoms with Gasteiger partial charge >= 0.3 is 17.9 Å². The Hall–Kier alpha value is -5.54. The number of carbonyl (C=O) groups is 9. The standard InChI is InChI=1S/C36H60N10O12/c1-18(2)16-22(30(52)42-21(11-12-26(47)48)33(55)46-15-7-10-25(46)35(57)58)43-29(51)20(8-5-13-40-36(38)39)41-31(53)24-9-6-14-45(24)34(56)23(17-27(49)50)44-32(54)28(37)19(3)4/h18-25,28H,5-17,37H2,1-4H3,(H,41,53)(H,42,52)(H,43,51)(H,44,54)(H,47,48)(H,49,50)(H,57,58)(H4,38,39,40)/t20-,21-,22-,23-,24-,25-,28-/m0/s1. The van der Waals surface area contributed by atoms with E-state index in [-0.39, 0.29) is 76.0 Å². The van der Waals surface area contributed by atoms with Gasteiger partial charge in [0.15, 0.2) is 5.96 Å². The van der Waals surface area contributed by atoms with Crippen molar-refractivity contribution >= 4 is 59.3 Å². The molecule has 2 rings (SSSR count). The molecule has 326 valence electrons. The molecular formula is C36H60N10O12. The van der Waals surface area contributed by atoms with Crippen molar-refractivity contribution in [3.63, 3.8) is 0 Å². The van der Waals surface area contributed by atoms with Crippen molar-refractivity contribution in [3.05, 3.63) is 0 Å². The first-order valence-corrected chi connectivity index (χ1v) is 19.4. The summed E-state index contributed by atoms with van der Waals surface area (Å²) in [6, 6.07) is -8.94. The molecular weight excluding hydrogens is 764 g/mol. The Bertz CT molecular complexity index is 1550. The first kappa shape index (κ1) is 48.6. The average Bonchev–Trinajstić information content (AvgIpc) is 3.83. The van der Waals surface area contributed by atoms with Crippen LogP contribution in [0.5, 0.6) is 0 Å². The molecule has 0 aromatic carbocycles. The number of hydrogen-bond donors (Lipinski definition) is 10. The maximum Gasteiger partial charge on any atom is 0.326 e. The van der Waals surface area contributed by atoms with Crippen molar-refractivity contribution in [2.24, 2.45) is 34.0 Å². The van der Waals surface area contributed by atoms with Gasteiger partial charge in [0.1, 0.15) is 36.3 Å². The van der Waals surface area contributed by atoms with Crippen molar-refractivity contribution in [3.8, 4) is 0 Å². The highest BCUT2D eigenvalue weighted by Crippen LogP contribution is 2.22. The molecule has 0 saturated carbocycles. The van der Waals surface area contributed by atoms with Gasteiger partial charge in [-0.2, -0.15) is 0 Å². The minimum absolute atomic E-state index is 0.0373. The summed E-state index contributed by atoms with van der Waals surface area (Å²) in [5, 5.41) is 38.6. The van der Waals surface area contributed by atoms with E-state index in [1.54, 1.807) is 27.7 Å². The Morgan fingerprint density at radius 2 is 1.22 bits per heavy atom. The highest BCUT2D eigenvalue weighted by atomic mass is 16.4. The number of nitrogens with zero attached hydrogens (tertiary/aromatic N) is 3. The summed E-state index contributed by atoms with van der Waals surface area (Å²) in [7, 11) is 0. The fourth-order valence-corrected chi connectivity index (χ4v) is 6.75. The molecule has 13 N–H and O–H groups in total. The molecule has 2 heterocycles. The highest BCUT2D eigenvalue weighted by molar-refractivity contribution is 5.98. The van der Waals surface area contributed by atoms with E-state index in [1.165, 1.54) is 0 Å². The molecule has 2 saturated heterocycles. The Morgan fingerprint density at radius 1 is 0.690 bits per heavy atom. The van der Waals surface area contributed by atoms with Crippen molar-refractivity contribution in [1.82, 2.24) is 31.1 Å². The zero-order valence-electron chi connectivity index (χ0n) is 33.5. The van der Waals surface area contributed by atoms with Crippen LogP contribution in [0.1, 0.15) is 91.9 Å². The van der Waals surface area contributed by atoms with Crippen molar-refractivity contribution in [2.75, 3.05) is 19.6 Å². The van der Waals surface area contributed by atoms with Gasteiger partial charge in [0.2, 0.25) is 35.4 Å². The van der Waals surface area contributed by atoms with Crippen molar-refractivity contribution < 1.29 is 58.5 Å². The second-order valence-electron chi connectivity index (χ2n) is 15.3. The molecule has 2 aliphatic heterocycles. The summed E-state index contributed by atoms with van der Waals surface area (Å²) < 4.78 is 0. The Labute approximate surface area is 336 Å². The zero-order valence-corrected chi connectivity index (χ0v) is 33.5. The molecule has 22 heteroatoms. The second kappa shape index (κ2) is 23.0. The molecule has 58 heavy (non-hydrogen) atoms. The lowest BCUT2D eigenvalue weighted by Gasteiger charge is -2.31. The highest BCUT2D eigenvalue weighted by Gasteiger charge is 2.41. The van der Waals surface area contributed by atoms with Crippen LogP contribution >= 0.6 is 0 Å². The topological polar surface area (TPSA) is 359 Å². The minimum Gasteiger partial charge on any atom is -0.481 e. The van der Waals surface area contributed by atoms with E-state index >= 15 is 0 Å². The molecule has 0 radical (unpaired) electrons. The van der Waals surface area contributed by atoms with Crippen LogP contribution in [0.2, 0.25) is 0 Å². The predicted molar refractivity (Wildman–Crippen MR) is 206 cm³/mol. The van der Waals surface area contributed by atoms with Crippen molar-refractivity contribution in [1.29, 1.82) is 0 Å². The number of rotatable bonds is 23. The van der Waals surface area contributed by atoms with Crippen LogP contribution in [0.25, 0.3) is 0 Å². The number of likely N-dealkylation sites (tertiary alicyclic amines) is 2. The first-order chi connectivity index (χ1) is 27.1. The molecule has 2 aliphatic rings. The molecule has 7 atom stereocenters. The lowest BCUT2D eigenvalue weighted by molar-refractivity contribution is -0.150. The summed E-state index contributed by atoms with van der Waals surface area (Å²) in [5.74, 6) is -9.42. The molecule has 0 unspecified atom stereocenters.